The number of rotatable bonds is 2. The van der Waals surface area contributed by atoms with Gasteiger partial charge in [0.25, 0.3) is 0 Å². The van der Waals surface area contributed by atoms with E-state index >= 15 is 0 Å². The van der Waals surface area contributed by atoms with E-state index < -0.39 is 11.0 Å². The first-order valence-corrected chi connectivity index (χ1v) is 6.48. The molecule has 2 rings (SSSR count). The van der Waals surface area contributed by atoms with Crippen LogP contribution >= 0.6 is 0 Å². The summed E-state index contributed by atoms with van der Waals surface area (Å²) in [6, 6.07) is 0. The maximum Gasteiger partial charge on any atom is 0.318 e. The van der Waals surface area contributed by atoms with E-state index in [-0.39, 0.29) is 5.97 Å². The lowest BCUT2D eigenvalue weighted by Crippen LogP contribution is -2.46. The van der Waals surface area contributed by atoms with E-state index in [1.807, 2.05) is 51.3 Å². The topological polar surface area (TPSA) is 38.3 Å². The molecule has 3 nitrogen and oxygen atoms in total. The molecule has 1 fully saturated rings. The fourth-order valence-electron chi connectivity index (χ4n) is 2.24. The predicted molar refractivity (Wildman–Crippen MR) is 71.6 cm³/mol. The number of hydrogen-bond acceptors (Lipinski definition) is 3. The van der Waals surface area contributed by atoms with Crippen molar-refractivity contribution in [3.63, 3.8) is 0 Å². The van der Waals surface area contributed by atoms with Gasteiger partial charge < -0.3 is 10.1 Å². The van der Waals surface area contributed by atoms with E-state index in [0.717, 1.165) is 25.0 Å². The highest BCUT2D eigenvalue weighted by Gasteiger charge is 2.49. The van der Waals surface area contributed by atoms with Gasteiger partial charge in [-0.2, -0.15) is 0 Å². The number of hydrogen-bond donors (Lipinski definition) is 1. The smallest absolute Gasteiger partial charge is 0.318 e. The highest BCUT2D eigenvalue weighted by molar-refractivity contribution is 5.82. The minimum Gasteiger partial charge on any atom is -0.459 e. The van der Waals surface area contributed by atoms with Gasteiger partial charge >= 0.3 is 5.97 Å². The van der Waals surface area contributed by atoms with E-state index in [4.69, 9.17) is 4.74 Å². The lowest BCUT2D eigenvalue weighted by Gasteiger charge is -2.42. The molecule has 98 valence electrons. The summed E-state index contributed by atoms with van der Waals surface area (Å²) in [5, 5.41) is 3.21. The van der Waals surface area contributed by atoms with E-state index in [9.17, 15) is 4.79 Å². The van der Waals surface area contributed by atoms with E-state index in [1.165, 1.54) is 0 Å². The highest BCUT2D eigenvalue weighted by Crippen LogP contribution is 2.48. The molecule has 0 aromatic carbocycles. The van der Waals surface area contributed by atoms with Gasteiger partial charge in [-0.3, -0.25) is 4.79 Å². The first kappa shape index (κ1) is 12.9. The van der Waals surface area contributed by atoms with Crippen LogP contribution in [-0.4, -0.2) is 11.6 Å². The van der Waals surface area contributed by atoms with Crippen molar-refractivity contribution in [3.05, 3.63) is 36.2 Å². The van der Waals surface area contributed by atoms with Crippen molar-refractivity contribution in [1.82, 2.24) is 5.32 Å². The van der Waals surface area contributed by atoms with E-state index in [1.54, 1.807) is 0 Å². The number of carbonyl (C=O) groups excluding carboxylic acids is 1. The maximum absolute atomic E-state index is 12.4. The molecule has 0 amide bonds. The third-order valence-electron chi connectivity index (χ3n) is 3.33. The molecule has 0 atom stereocenters. The molecule has 0 spiro atoms. The van der Waals surface area contributed by atoms with Crippen LogP contribution in [-0.2, 0) is 9.53 Å². The van der Waals surface area contributed by atoms with Gasteiger partial charge in [0, 0.05) is 11.9 Å². The molecule has 0 aromatic rings. The molecule has 0 radical (unpaired) electrons. The Hall–Kier alpha value is -1.51. The van der Waals surface area contributed by atoms with Crippen LogP contribution in [0.25, 0.3) is 0 Å². The van der Waals surface area contributed by atoms with Crippen LogP contribution in [0.15, 0.2) is 36.2 Å². The first-order chi connectivity index (χ1) is 8.44. The van der Waals surface area contributed by atoms with Crippen LogP contribution in [0.1, 0.15) is 40.0 Å². The molecule has 1 heterocycles. The van der Waals surface area contributed by atoms with Gasteiger partial charge in [0.2, 0.25) is 0 Å². The quantitative estimate of drug-likeness (QED) is 0.762. The zero-order valence-corrected chi connectivity index (χ0v) is 11.3. The molecule has 1 saturated carbocycles. The molecule has 0 unspecified atom stereocenters. The zero-order valence-electron chi connectivity index (χ0n) is 11.3. The Morgan fingerprint density at radius 3 is 2.56 bits per heavy atom. The average molecular weight is 247 g/mol. The molecular formula is C15H21NO2. The molecule has 0 saturated heterocycles. The molecule has 18 heavy (non-hydrogen) atoms. The molecule has 2 aliphatic rings. The lowest BCUT2D eigenvalue weighted by molar-refractivity contribution is -0.170. The number of nitrogens with one attached hydrogen (secondary N) is 1. The van der Waals surface area contributed by atoms with Gasteiger partial charge in [0.05, 0.1) is 0 Å². The van der Waals surface area contributed by atoms with Crippen molar-refractivity contribution in [2.24, 2.45) is 5.41 Å². The van der Waals surface area contributed by atoms with Crippen molar-refractivity contribution in [1.29, 1.82) is 0 Å². The molecular weight excluding hydrogens is 226 g/mol. The summed E-state index contributed by atoms with van der Waals surface area (Å²) in [4.78, 5) is 12.4. The Balaban J connectivity index is 2.20. The highest BCUT2D eigenvalue weighted by atomic mass is 16.6. The van der Waals surface area contributed by atoms with Gasteiger partial charge in [-0.15, -0.1) is 0 Å². The van der Waals surface area contributed by atoms with Crippen molar-refractivity contribution in [2.45, 2.75) is 45.6 Å². The Morgan fingerprint density at radius 2 is 2.00 bits per heavy atom. The Bertz CT molecular complexity index is 420. The lowest BCUT2D eigenvalue weighted by atomic mass is 9.66. The van der Waals surface area contributed by atoms with Crippen molar-refractivity contribution in [2.75, 3.05) is 0 Å². The van der Waals surface area contributed by atoms with E-state index in [0.29, 0.717) is 0 Å². The van der Waals surface area contributed by atoms with E-state index in [2.05, 4.69) is 5.32 Å². The summed E-state index contributed by atoms with van der Waals surface area (Å²) >= 11 is 0. The van der Waals surface area contributed by atoms with Crippen LogP contribution in [0, 0.1) is 5.41 Å². The molecule has 3 heteroatoms. The Kier molecular flexibility index (Phi) is 3.33. The number of ether oxygens (including phenoxy) is 1. The average Bonchev–Trinajstić information content (AvgIpc) is 2.41. The van der Waals surface area contributed by atoms with Gasteiger partial charge in [-0.05, 0) is 45.8 Å². The Morgan fingerprint density at radius 1 is 1.28 bits per heavy atom. The van der Waals surface area contributed by atoms with Crippen molar-refractivity contribution in [3.8, 4) is 0 Å². The summed E-state index contributed by atoms with van der Waals surface area (Å²) in [5.41, 5.74) is 0.0520. The number of carbonyl (C=O) groups is 1. The third kappa shape index (κ3) is 2.50. The fourth-order valence-corrected chi connectivity index (χ4v) is 2.24. The second-order valence-corrected chi connectivity index (χ2v) is 5.91. The maximum atomic E-state index is 12.4. The molecule has 0 bridgehead atoms. The van der Waals surface area contributed by atoms with Gasteiger partial charge in [0.15, 0.2) is 0 Å². The van der Waals surface area contributed by atoms with Gasteiger partial charge in [-0.25, -0.2) is 0 Å². The first-order valence-electron chi connectivity index (χ1n) is 6.48. The normalized spacial score (nSPS) is 21.4. The minimum atomic E-state index is -0.466. The SMILES string of the molecule is CC(C)(C)OC(=O)C1(C2=CC=CC=CN2)CCC1. The predicted octanol–water partition coefficient (Wildman–Crippen LogP) is 3.06. The van der Waals surface area contributed by atoms with Crippen LogP contribution in [0.5, 0.6) is 0 Å². The summed E-state index contributed by atoms with van der Waals surface area (Å²) in [7, 11) is 0. The fraction of sp³-hybridized carbons (Fsp3) is 0.533. The summed E-state index contributed by atoms with van der Waals surface area (Å²) < 4.78 is 5.57. The monoisotopic (exact) mass is 247 g/mol. The standard InChI is InChI=1S/C15H21NO2/c1-14(2,3)18-13(17)15(9-7-10-15)12-8-5-4-6-11-16-12/h4-6,8,11,16H,7,9-10H2,1-3H3. The molecule has 0 aromatic heterocycles. The largest absolute Gasteiger partial charge is 0.459 e. The van der Waals surface area contributed by atoms with Crippen LogP contribution in [0.4, 0.5) is 0 Å². The molecule has 1 aliphatic heterocycles. The van der Waals surface area contributed by atoms with Crippen molar-refractivity contribution < 1.29 is 9.53 Å². The van der Waals surface area contributed by atoms with Crippen LogP contribution < -0.4 is 5.32 Å². The van der Waals surface area contributed by atoms with Crippen molar-refractivity contribution >= 4 is 5.97 Å². The van der Waals surface area contributed by atoms with Crippen LogP contribution in [0.3, 0.4) is 0 Å². The summed E-state index contributed by atoms with van der Waals surface area (Å²) in [6.45, 7) is 5.73. The molecule has 1 N–H and O–H groups in total. The van der Waals surface area contributed by atoms with Gasteiger partial charge in [0.1, 0.15) is 11.0 Å². The number of esters is 1. The third-order valence-corrected chi connectivity index (χ3v) is 3.33. The Labute approximate surface area is 109 Å². The zero-order chi connectivity index (χ0) is 13.2. The second kappa shape index (κ2) is 4.63. The van der Waals surface area contributed by atoms with Crippen LogP contribution in [0.2, 0.25) is 0 Å². The summed E-state index contributed by atoms with van der Waals surface area (Å²) in [6.07, 6.45) is 12.5. The number of allylic oxidation sites excluding steroid dienone is 4. The molecule has 1 aliphatic carbocycles. The second-order valence-electron chi connectivity index (χ2n) is 5.91. The van der Waals surface area contributed by atoms with Gasteiger partial charge in [-0.1, -0.05) is 18.6 Å². The minimum absolute atomic E-state index is 0.108. The summed E-state index contributed by atoms with van der Waals surface area (Å²) in [5.74, 6) is -0.108.